The molecule has 122 valence electrons. The number of hydrogen-bond acceptors (Lipinski definition) is 4. The Bertz CT molecular complexity index is 471. The predicted octanol–water partition coefficient (Wildman–Crippen LogP) is 2.54. The maximum absolute atomic E-state index is 10.7. The Labute approximate surface area is 131 Å². The number of para-hydroxylation sites is 1. The number of carboxylic acids is 1. The average molecular weight is 307 g/mol. The van der Waals surface area contributed by atoms with Gasteiger partial charge in [-0.05, 0) is 31.9 Å². The molecule has 22 heavy (non-hydrogen) atoms. The van der Waals surface area contributed by atoms with Crippen LogP contribution in [0.25, 0.3) is 0 Å². The second-order valence-corrected chi connectivity index (χ2v) is 5.68. The summed E-state index contributed by atoms with van der Waals surface area (Å²) in [5, 5.41) is 8.82. The highest BCUT2D eigenvalue weighted by atomic mass is 16.5. The third-order valence-corrected chi connectivity index (χ3v) is 3.94. The Balaban J connectivity index is 1.96. The van der Waals surface area contributed by atoms with Crippen molar-refractivity contribution in [1.29, 1.82) is 0 Å². The van der Waals surface area contributed by atoms with Crippen LogP contribution in [-0.4, -0.2) is 48.9 Å². The molecule has 0 amide bonds. The number of rotatable bonds is 9. The summed E-state index contributed by atoms with van der Waals surface area (Å²) in [6.45, 7) is 3.19. The first-order chi connectivity index (χ1) is 10.7. The van der Waals surface area contributed by atoms with Crippen LogP contribution in [0.15, 0.2) is 24.3 Å². The van der Waals surface area contributed by atoms with Crippen LogP contribution in [0.1, 0.15) is 31.2 Å². The lowest BCUT2D eigenvalue weighted by Crippen LogP contribution is -2.33. The van der Waals surface area contributed by atoms with Crippen molar-refractivity contribution in [2.24, 2.45) is 0 Å². The minimum atomic E-state index is -0.741. The second-order valence-electron chi connectivity index (χ2n) is 5.68. The Hall–Kier alpha value is -1.59. The number of methoxy groups -OCH3 is 1. The van der Waals surface area contributed by atoms with Gasteiger partial charge in [-0.2, -0.15) is 0 Å². The predicted molar refractivity (Wildman–Crippen MR) is 84.1 cm³/mol. The van der Waals surface area contributed by atoms with E-state index in [0.717, 1.165) is 50.4 Å². The van der Waals surface area contributed by atoms with Gasteiger partial charge in [-0.15, -0.1) is 0 Å². The topological polar surface area (TPSA) is 59.0 Å². The fourth-order valence-electron chi connectivity index (χ4n) is 2.84. The van der Waals surface area contributed by atoms with E-state index in [2.05, 4.69) is 11.0 Å². The van der Waals surface area contributed by atoms with Crippen molar-refractivity contribution in [1.82, 2.24) is 4.90 Å². The molecule has 1 aromatic carbocycles. The summed E-state index contributed by atoms with van der Waals surface area (Å²) in [5.74, 6) is 0.132. The van der Waals surface area contributed by atoms with Crippen LogP contribution in [-0.2, 0) is 16.1 Å². The van der Waals surface area contributed by atoms with Crippen molar-refractivity contribution in [3.05, 3.63) is 29.8 Å². The van der Waals surface area contributed by atoms with Gasteiger partial charge < -0.3 is 14.6 Å². The summed E-state index contributed by atoms with van der Waals surface area (Å²) in [5.41, 5.74) is 1.12. The lowest BCUT2D eigenvalue weighted by atomic mass is 10.1. The molecule has 0 bridgehead atoms. The van der Waals surface area contributed by atoms with E-state index < -0.39 is 5.97 Å². The first kappa shape index (κ1) is 16.8. The summed E-state index contributed by atoms with van der Waals surface area (Å²) >= 11 is 0. The molecule has 1 aliphatic heterocycles. The molecule has 0 spiro atoms. The molecule has 5 nitrogen and oxygen atoms in total. The molecule has 1 atom stereocenters. The number of hydrogen-bond donors (Lipinski definition) is 1. The quantitative estimate of drug-likeness (QED) is 0.760. The van der Waals surface area contributed by atoms with E-state index in [-0.39, 0.29) is 12.5 Å². The first-order valence-electron chi connectivity index (χ1n) is 7.86. The molecule has 0 unspecified atom stereocenters. The zero-order valence-electron chi connectivity index (χ0n) is 13.2. The molecular weight excluding hydrogens is 282 g/mol. The van der Waals surface area contributed by atoms with E-state index in [9.17, 15) is 4.79 Å². The SMILES string of the molecule is COc1ccccc1CN(CCCC(=O)O)C[C@H]1CCCO1. The zero-order valence-corrected chi connectivity index (χ0v) is 13.2. The monoisotopic (exact) mass is 307 g/mol. The van der Waals surface area contributed by atoms with Crippen LogP contribution in [0.2, 0.25) is 0 Å². The van der Waals surface area contributed by atoms with E-state index >= 15 is 0 Å². The minimum absolute atomic E-state index is 0.202. The van der Waals surface area contributed by atoms with Gasteiger partial charge in [0.15, 0.2) is 0 Å². The van der Waals surface area contributed by atoms with E-state index in [1.165, 1.54) is 0 Å². The molecule has 1 saturated heterocycles. The van der Waals surface area contributed by atoms with E-state index in [4.69, 9.17) is 14.6 Å². The summed E-state index contributed by atoms with van der Waals surface area (Å²) in [4.78, 5) is 13.0. The van der Waals surface area contributed by atoms with Gasteiger partial charge in [-0.1, -0.05) is 18.2 Å². The van der Waals surface area contributed by atoms with Gasteiger partial charge in [0.05, 0.1) is 13.2 Å². The minimum Gasteiger partial charge on any atom is -0.496 e. The Kier molecular flexibility index (Phi) is 6.68. The van der Waals surface area contributed by atoms with Crippen molar-refractivity contribution in [2.75, 3.05) is 26.8 Å². The fraction of sp³-hybridized carbons (Fsp3) is 0.588. The number of benzene rings is 1. The highest BCUT2D eigenvalue weighted by molar-refractivity contribution is 5.66. The van der Waals surface area contributed by atoms with E-state index in [1.807, 2.05) is 18.2 Å². The molecule has 0 aromatic heterocycles. The zero-order chi connectivity index (χ0) is 15.8. The molecule has 1 fully saturated rings. The molecule has 1 aliphatic rings. The number of carbonyl (C=O) groups is 1. The van der Waals surface area contributed by atoms with Gasteiger partial charge in [-0.25, -0.2) is 0 Å². The maximum atomic E-state index is 10.7. The van der Waals surface area contributed by atoms with Gasteiger partial charge in [0.1, 0.15) is 5.75 Å². The number of aliphatic carboxylic acids is 1. The second kappa shape index (κ2) is 8.76. The van der Waals surface area contributed by atoms with E-state index in [0.29, 0.717) is 6.42 Å². The molecule has 0 saturated carbocycles. The Morgan fingerprint density at radius 3 is 2.95 bits per heavy atom. The normalized spacial score (nSPS) is 17.8. The van der Waals surface area contributed by atoms with Gasteiger partial charge in [0, 0.05) is 31.7 Å². The average Bonchev–Trinajstić information content (AvgIpc) is 3.00. The third-order valence-electron chi connectivity index (χ3n) is 3.94. The van der Waals surface area contributed by atoms with E-state index in [1.54, 1.807) is 7.11 Å². The van der Waals surface area contributed by atoms with Crippen LogP contribution in [0.5, 0.6) is 5.75 Å². The summed E-state index contributed by atoms with van der Waals surface area (Å²) < 4.78 is 11.1. The van der Waals surface area contributed by atoms with Crippen LogP contribution < -0.4 is 4.74 Å². The molecule has 1 N–H and O–H groups in total. The van der Waals surface area contributed by atoms with Crippen molar-refractivity contribution in [3.8, 4) is 5.75 Å². The molecule has 5 heteroatoms. The van der Waals surface area contributed by atoms with Crippen LogP contribution in [0.4, 0.5) is 0 Å². The molecule has 0 aliphatic carbocycles. The standard InChI is InChI=1S/C17H25NO4/c1-21-16-8-3-2-6-14(16)12-18(10-4-9-17(19)20)13-15-7-5-11-22-15/h2-3,6,8,15H,4-5,7,9-13H2,1H3,(H,19,20)/t15-/m1/s1. The van der Waals surface area contributed by atoms with Crippen molar-refractivity contribution >= 4 is 5.97 Å². The largest absolute Gasteiger partial charge is 0.496 e. The molecule has 2 rings (SSSR count). The molecular formula is C17H25NO4. The molecule has 0 radical (unpaired) electrons. The fourth-order valence-corrected chi connectivity index (χ4v) is 2.84. The van der Waals surface area contributed by atoms with Crippen molar-refractivity contribution < 1.29 is 19.4 Å². The van der Waals surface area contributed by atoms with Crippen LogP contribution >= 0.6 is 0 Å². The highest BCUT2D eigenvalue weighted by Gasteiger charge is 2.20. The van der Waals surface area contributed by atoms with Crippen molar-refractivity contribution in [2.45, 2.75) is 38.3 Å². The Morgan fingerprint density at radius 1 is 1.45 bits per heavy atom. The lowest BCUT2D eigenvalue weighted by Gasteiger charge is -2.25. The highest BCUT2D eigenvalue weighted by Crippen LogP contribution is 2.21. The molecule has 1 heterocycles. The Morgan fingerprint density at radius 2 is 2.27 bits per heavy atom. The summed E-state index contributed by atoms with van der Waals surface area (Å²) in [6.07, 6.45) is 3.31. The first-order valence-corrected chi connectivity index (χ1v) is 7.86. The smallest absolute Gasteiger partial charge is 0.303 e. The van der Waals surface area contributed by atoms with Gasteiger partial charge in [0.2, 0.25) is 0 Å². The molecule has 1 aromatic rings. The summed E-state index contributed by atoms with van der Waals surface area (Å²) in [6, 6.07) is 7.96. The number of carboxylic acid groups (broad SMARTS) is 1. The third kappa shape index (κ3) is 5.31. The van der Waals surface area contributed by atoms with Gasteiger partial charge in [-0.3, -0.25) is 9.69 Å². The number of nitrogens with zero attached hydrogens (tertiary/aromatic N) is 1. The summed E-state index contributed by atoms with van der Waals surface area (Å²) in [7, 11) is 1.67. The number of ether oxygens (including phenoxy) is 2. The lowest BCUT2D eigenvalue weighted by molar-refractivity contribution is -0.137. The van der Waals surface area contributed by atoms with Crippen molar-refractivity contribution in [3.63, 3.8) is 0 Å². The maximum Gasteiger partial charge on any atom is 0.303 e. The van der Waals surface area contributed by atoms with Gasteiger partial charge >= 0.3 is 5.97 Å². The van der Waals surface area contributed by atoms with Crippen LogP contribution in [0, 0.1) is 0 Å². The van der Waals surface area contributed by atoms with Crippen LogP contribution in [0.3, 0.4) is 0 Å². The van der Waals surface area contributed by atoms with Gasteiger partial charge in [0.25, 0.3) is 0 Å².